The first kappa shape index (κ1) is 17.9. The van der Waals surface area contributed by atoms with E-state index in [1.54, 1.807) is 0 Å². The quantitative estimate of drug-likeness (QED) is 0.787. The number of rotatable bonds is 4. The summed E-state index contributed by atoms with van der Waals surface area (Å²) in [5, 5.41) is 0.530. The van der Waals surface area contributed by atoms with Gasteiger partial charge in [-0.2, -0.15) is 24.9 Å². The van der Waals surface area contributed by atoms with Crippen LogP contribution in [0.1, 0.15) is 32.1 Å². The molecule has 2 rings (SSSR count). The van der Waals surface area contributed by atoms with Gasteiger partial charge in [0.2, 0.25) is 5.91 Å². The van der Waals surface area contributed by atoms with Crippen LogP contribution in [0.2, 0.25) is 0 Å². The number of amides is 1. The van der Waals surface area contributed by atoms with E-state index in [1.165, 1.54) is 4.90 Å². The van der Waals surface area contributed by atoms with Gasteiger partial charge in [-0.05, 0) is 39.0 Å². The van der Waals surface area contributed by atoms with Crippen molar-refractivity contribution in [2.24, 2.45) is 5.92 Å². The summed E-state index contributed by atoms with van der Waals surface area (Å²) in [4.78, 5) is 15.8. The highest BCUT2D eigenvalue weighted by molar-refractivity contribution is 7.99. The number of likely N-dealkylation sites (N-methyl/N-ethyl adjacent to an activating group) is 1. The number of alkyl halides is 3. The first-order valence-electron chi connectivity index (χ1n) is 7.90. The Morgan fingerprint density at radius 1 is 1.27 bits per heavy atom. The second kappa shape index (κ2) is 7.43. The summed E-state index contributed by atoms with van der Waals surface area (Å²) in [7, 11) is 1.92. The maximum Gasteiger partial charge on any atom is 0.393 e. The number of hydrogen-bond donors (Lipinski definition) is 0. The van der Waals surface area contributed by atoms with E-state index in [4.69, 9.17) is 0 Å². The van der Waals surface area contributed by atoms with Crippen LogP contribution in [0.3, 0.4) is 0 Å². The van der Waals surface area contributed by atoms with Crippen molar-refractivity contribution in [2.75, 3.05) is 32.9 Å². The summed E-state index contributed by atoms with van der Waals surface area (Å²) < 4.78 is 38.5. The Bertz CT molecular complexity index is 391. The number of hydrogen-bond acceptors (Lipinski definition) is 3. The third-order valence-corrected chi connectivity index (χ3v) is 6.06. The number of halogens is 3. The lowest BCUT2D eigenvalue weighted by molar-refractivity contribution is -0.188. The van der Waals surface area contributed by atoms with Crippen molar-refractivity contribution in [3.05, 3.63) is 0 Å². The van der Waals surface area contributed by atoms with Crippen molar-refractivity contribution < 1.29 is 18.0 Å². The predicted molar refractivity (Wildman–Crippen MR) is 82.9 cm³/mol. The van der Waals surface area contributed by atoms with Gasteiger partial charge in [-0.1, -0.05) is 6.42 Å². The maximum atomic E-state index is 12.8. The summed E-state index contributed by atoms with van der Waals surface area (Å²) >= 11 is 1.82. The molecule has 0 N–H and O–H groups in total. The molecule has 1 heterocycles. The van der Waals surface area contributed by atoms with E-state index < -0.39 is 12.1 Å². The van der Waals surface area contributed by atoms with E-state index in [0.29, 0.717) is 24.3 Å². The molecule has 3 nitrogen and oxygen atoms in total. The molecule has 3 atom stereocenters. The van der Waals surface area contributed by atoms with Gasteiger partial charge in [-0.25, -0.2) is 0 Å². The van der Waals surface area contributed by atoms with Crippen LogP contribution in [0, 0.1) is 5.92 Å². The maximum absolute atomic E-state index is 12.8. The highest BCUT2D eigenvalue weighted by Gasteiger charge is 2.43. The minimum atomic E-state index is -4.19. The average Bonchev–Trinajstić information content (AvgIpc) is 2.95. The fourth-order valence-corrected chi connectivity index (χ4v) is 4.65. The molecule has 2 aliphatic rings. The van der Waals surface area contributed by atoms with Gasteiger partial charge in [0.05, 0.1) is 12.5 Å². The molecule has 128 valence electrons. The Hall–Kier alpha value is -0.430. The molecule has 2 fully saturated rings. The van der Waals surface area contributed by atoms with E-state index in [9.17, 15) is 18.0 Å². The molecule has 0 aromatic rings. The fourth-order valence-electron chi connectivity index (χ4n) is 3.59. The first-order chi connectivity index (χ1) is 10.3. The topological polar surface area (TPSA) is 23.6 Å². The predicted octanol–water partition coefficient (Wildman–Crippen LogP) is 3.00. The molecule has 1 amide bonds. The van der Waals surface area contributed by atoms with Crippen molar-refractivity contribution in [1.82, 2.24) is 9.80 Å². The summed E-state index contributed by atoms with van der Waals surface area (Å²) in [6.45, 7) is 0.509. The Balaban J connectivity index is 1.88. The Morgan fingerprint density at radius 3 is 2.64 bits per heavy atom. The zero-order chi connectivity index (χ0) is 16.3. The molecule has 1 saturated carbocycles. The molecular formula is C15H25F3N2OS. The molecule has 0 unspecified atom stereocenters. The van der Waals surface area contributed by atoms with Crippen LogP contribution < -0.4 is 0 Å². The second-order valence-corrected chi connectivity index (χ2v) is 7.48. The van der Waals surface area contributed by atoms with E-state index in [1.807, 2.05) is 23.7 Å². The smallest absolute Gasteiger partial charge is 0.341 e. The van der Waals surface area contributed by atoms with E-state index in [0.717, 1.165) is 19.3 Å². The number of piperidine rings is 1. The van der Waals surface area contributed by atoms with Crippen LogP contribution in [0.4, 0.5) is 13.2 Å². The van der Waals surface area contributed by atoms with Gasteiger partial charge < -0.3 is 4.90 Å². The second-order valence-electron chi connectivity index (χ2n) is 6.41. The van der Waals surface area contributed by atoms with Crippen LogP contribution in [-0.4, -0.2) is 66.1 Å². The highest BCUT2D eigenvalue weighted by Crippen LogP contribution is 2.34. The van der Waals surface area contributed by atoms with Crippen molar-refractivity contribution in [2.45, 2.75) is 49.6 Å². The Labute approximate surface area is 134 Å². The summed E-state index contributed by atoms with van der Waals surface area (Å²) in [5.41, 5.74) is 0. The van der Waals surface area contributed by atoms with Gasteiger partial charge in [0.15, 0.2) is 0 Å². The SMILES string of the molecule is CS[C@@H]1CCC[C@@H]1N(C)CC(=O)N1CCC[C@@H](C(F)(F)F)C1. The van der Waals surface area contributed by atoms with Gasteiger partial charge >= 0.3 is 6.18 Å². The lowest BCUT2D eigenvalue weighted by Gasteiger charge is -2.36. The number of nitrogens with zero attached hydrogens (tertiary/aromatic N) is 2. The standard InChI is InChI=1S/C15H25F3N2OS/c1-19(12-6-3-7-13(12)22-2)10-14(21)20-8-4-5-11(9-20)15(16,17)18/h11-13H,3-10H2,1-2H3/t11-,12+,13-/m1/s1. The molecule has 1 saturated heterocycles. The normalized spacial score (nSPS) is 30.1. The lowest BCUT2D eigenvalue weighted by atomic mass is 9.97. The minimum Gasteiger partial charge on any atom is -0.341 e. The molecule has 0 bridgehead atoms. The molecule has 22 heavy (non-hydrogen) atoms. The molecule has 0 aromatic carbocycles. The largest absolute Gasteiger partial charge is 0.393 e. The number of carbonyl (C=O) groups is 1. The number of carbonyl (C=O) groups excluding carboxylic acids is 1. The highest BCUT2D eigenvalue weighted by atomic mass is 32.2. The monoisotopic (exact) mass is 338 g/mol. The fraction of sp³-hybridized carbons (Fsp3) is 0.933. The summed E-state index contributed by atoms with van der Waals surface area (Å²) in [5.74, 6) is -1.52. The first-order valence-corrected chi connectivity index (χ1v) is 9.19. The van der Waals surface area contributed by atoms with Gasteiger partial charge in [0.25, 0.3) is 0 Å². The van der Waals surface area contributed by atoms with Crippen LogP contribution >= 0.6 is 11.8 Å². The van der Waals surface area contributed by atoms with Crippen LogP contribution in [-0.2, 0) is 4.79 Å². The molecule has 1 aliphatic heterocycles. The molecule has 0 radical (unpaired) electrons. The van der Waals surface area contributed by atoms with Gasteiger partial charge in [-0.3, -0.25) is 9.69 Å². The zero-order valence-electron chi connectivity index (χ0n) is 13.2. The van der Waals surface area contributed by atoms with Gasteiger partial charge in [-0.15, -0.1) is 0 Å². The van der Waals surface area contributed by atoms with Crippen molar-refractivity contribution >= 4 is 17.7 Å². The van der Waals surface area contributed by atoms with Crippen molar-refractivity contribution in [3.8, 4) is 0 Å². The average molecular weight is 338 g/mol. The molecular weight excluding hydrogens is 313 g/mol. The molecule has 0 aromatic heterocycles. The Kier molecular flexibility index (Phi) is 6.05. The van der Waals surface area contributed by atoms with E-state index in [-0.39, 0.29) is 25.4 Å². The Morgan fingerprint density at radius 2 is 2.00 bits per heavy atom. The molecule has 1 aliphatic carbocycles. The van der Waals surface area contributed by atoms with Gasteiger partial charge in [0.1, 0.15) is 0 Å². The van der Waals surface area contributed by atoms with Gasteiger partial charge in [0, 0.05) is 24.4 Å². The summed E-state index contributed by atoms with van der Waals surface area (Å²) in [6, 6.07) is 0.363. The number of likely N-dealkylation sites (tertiary alicyclic amines) is 1. The molecule has 0 spiro atoms. The van der Waals surface area contributed by atoms with E-state index >= 15 is 0 Å². The van der Waals surface area contributed by atoms with E-state index in [2.05, 4.69) is 6.26 Å². The van der Waals surface area contributed by atoms with Crippen LogP contribution in [0.5, 0.6) is 0 Å². The van der Waals surface area contributed by atoms with Crippen LogP contribution in [0.15, 0.2) is 0 Å². The zero-order valence-corrected chi connectivity index (χ0v) is 14.1. The van der Waals surface area contributed by atoms with Crippen molar-refractivity contribution in [3.63, 3.8) is 0 Å². The minimum absolute atomic E-state index is 0.139. The summed E-state index contributed by atoms with van der Waals surface area (Å²) in [6.07, 6.45) is 1.85. The third kappa shape index (κ3) is 4.31. The third-order valence-electron chi connectivity index (χ3n) is 4.91. The number of thioether (sulfide) groups is 1. The van der Waals surface area contributed by atoms with Crippen LogP contribution in [0.25, 0.3) is 0 Å². The molecule has 7 heteroatoms. The lowest BCUT2D eigenvalue weighted by Crippen LogP contribution is -2.49. The van der Waals surface area contributed by atoms with Crippen molar-refractivity contribution in [1.29, 1.82) is 0 Å².